The van der Waals surface area contributed by atoms with Crippen LogP contribution in [-0.2, 0) is 4.79 Å². The van der Waals surface area contributed by atoms with Crippen LogP contribution < -0.4 is 5.32 Å². The Kier molecular flexibility index (Phi) is 5.21. The van der Waals surface area contributed by atoms with E-state index < -0.39 is 0 Å². The molecule has 2 aromatic rings. The maximum Gasteiger partial charge on any atom is 0.221 e. The number of hydrogen-bond donors (Lipinski definition) is 1. The minimum absolute atomic E-state index is 0.0751. The van der Waals surface area contributed by atoms with E-state index >= 15 is 0 Å². The number of hydrogen-bond acceptors (Lipinski definition) is 2. The molecule has 0 spiro atoms. The fraction of sp³-hybridized carbons (Fsp3) is 0.312. The van der Waals surface area contributed by atoms with Gasteiger partial charge in [0.2, 0.25) is 5.91 Å². The first-order valence-electron chi connectivity index (χ1n) is 6.63. The van der Waals surface area contributed by atoms with E-state index in [-0.39, 0.29) is 11.9 Å². The molecule has 106 valence electrons. The maximum absolute atomic E-state index is 12.1. The fourth-order valence-corrected chi connectivity index (χ4v) is 2.86. The molecule has 1 atom stereocenters. The number of nitrogens with one attached hydrogen (secondary N) is 1. The molecule has 2 rings (SSSR count). The highest BCUT2D eigenvalue weighted by Crippen LogP contribution is 2.25. The molecule has 0 radical (unpaired) electrons. The molecule has 2 nitrogen and oxygen atoms in total. The van der Waals surface area contributed by atoms with E-state index in [2.05, 4.69) is 10.7 Å². The van der Waals surface area contributed by atoms with Gasteiger partial charge in [-0.15, -0.1) is 0 Å². The van der Waals surface area contributed by atoms with E-state index in [1.54, 1.807) is 11.3 Å². The molecule has 1 unspecified atom stereocenters. The Morgan fingerprint density at radius 3 is 2.45 bits per heavy atom. The molecule has 4 heteroatoms. The summed E-state index contributed by atoms with van der Waals surface area (Å²) in [6, 6.07) is 9.56. The van der Waals surface area contributed by atoms with Crippen LogP contribution in [0.25, 0.3) is 0 Å². The van der Waals surface area contributed by atoms with Gasteiger partial charge >= 0.3 is 0 Å². The summed E-state index contributed by atoms with van der Waals surface area (Å²) < 4.78 is 0. The Morgan fingerprint density at radius 2 is 1.90 bits per heavy atom. The molecule has 1 aromatic carbocycles. The molecule has 0 saturated heterocycles. The Morgan fingerprint density at radius 1 is 1.20 bits per heavy atom. The van der Waals surface area contributed by atoms with Gasteiger partial charge < -0.3 is 5.32 Å². The second kappa shape index (κ2) is 6.91. The van der Waals surface area contributed by atoms with Gasteiger partial charge in [-0.25, -0.2) is 0 Å². The first-order valence-corrected chi connectivity index (χ1v) is 7.95. The Balaban J connectivity index is 2.22. The summed E-state index contributed by atoms with van der Waals surface area (Å²) >= 11 is 7.56. The van der Waals surface area contributed by atoms with Crippen LogP contribution in [0.5, 0.6) is 0 Å². The molecule has 0 bridgehead atoms. The van der Waals surface area contributed by atoms with Gasteiger partial charge in [-0.1, -0.05) is 37.6 Å². The lowest BCUT2D eigenvalue weighted by Crippen LogP contribution is -2.29. The van der Waals surface area contributed by atoms with Crippen molar-refractivity contribution in [1.29, 1.82) is 0 Å². The van der Waals surface area contributed by atoms with Gasteiger partial charge in [-0.3, -0.25) is 4.79 Å². The summed E-state index contributed by atoms with van der Waals surface area (Å²) in [6.07, 6.45) is 0.536. The summed E-state index contributed by atoms with van der Waals surface area (Å²) in [7, 11) is 0. The summed E-state index contributed by atoms with van der Waals surface area (Å²) in [5, 5.41) is 7.90. The minimum atomic E-state index is -0.107. The van der Waals surface area contributed by atoms with Gasteiger partial charge in [-0.2, -0.15) is 11.3 Å². The van der Waals surface area contributed by atoms with Gasteiger partial charge in [0.15, 0.2) is 0 Å². The lowest BCUT2D eigenvalue weighted by Gasteiger charge is -2.19. The molecule has 1 heterocycles. The quantitative estimate of drug-likeness (QED) is 0.855. The molecule has 1 N–H and O–H groups in total. The standard InChI is InChI=1S/C16H18ClNOS/c1-11(2)9-15(19)18-16(13-7-8-20-10-13)12-3-5-14(17)6-4-12/h3-8,10-11,16H,9H2,1-2H3,(H,18,19). The molecule has 1 aromatic heterocycles. The van der Waals surface area contributed by atoms with Crippen LogP contribution in [0.1, 0.15) is 37.4 Å². The fourth-order valence-electron chi connectivity index (χ4n) is 2.04. The first-order chi connectivity index (χ1) is 9.56. The summed E-state index contributed by atoms with van der Waals surface area (Å²) in [5.74, 6) is 0.425. The molecule has 20 heavy (non-hydrogen) atoms. The van der Waals surface area contributed by atoms with E-state index in [0.29, 0.717) is 17.4 Å². The number of halogens is 1. The third kappa shape index (κ3) is 4.09. The highest BCUT2D eigenvalue weighted by Gasteiger charge is 2.17. The van der Waals surface area contributed by atoms with Crippen LogP contribution in [0.2, 0.25) is 5.02 Å². The van der Waals surface area contributed by atoms with E-state index in [9.17, 15) is 4.79 Å². The summed E-state index contributed by atoms with van der Waals surface area (Å²) in [5.41, 5.74) is 2.15. The Hall–Kier alpha value is -1.32. The third-order valence-corrected chi connectivity index (χ3v) is 3.93. The maximum atomic E-state index is 12.1. The van der Waals surface area contributed by atoms with Crippen LogP contribution in [-0.4, -0.2) is 5.91 Å². The van der Waals surface area contributed by atoms with Gasteiger partial charge in [0.05, 0.1) is 6.04 Å². The normalized spacial score (nSPS) is 12.4. The van der Waals surface area contributed by atoms with Crippen LogP contribution in [0.15, 0.2) is 41.1 Å². The van der Waals surface area contributed by atoms with E-state index in [1.165, 1.54) is 0 Å². The second-order valence-electron chi connectivity index (χ2n) is 5.21. The lowest BCUT2D eigenvalue weighted by molar-refractivity contribution is -0.122. The summed E-state index contributed by atoms with van der Waals surface area (Å²) in [4.78, 5) is 12.1. The zero-order valence-electron chi connectivity index (χ0n) is 11.6. The van der Waals surface area contributed by atoms with Crippen molar-refractivity contribution in [3.05, 3.63) is 57.2 Å². The van der Waals surface area contributed by atoms with Crippen molar-refractivity contribution in [2.45, 2.75) is 26.3 Å². The van der Waals surface area contributed by atoms with Crippen molar-refractivity contribution in [2.24, 2.45) is 5.92 Å². The lowest BCUT2D eigenvalue weighted by atomic mass is 10.0. The number of rotatable bonds is 5. The molecular weight excluding hydrogens is 290 g/mol. The predicted molar refractivity (Wildman–Crippen MR) is 85.2 cm³/mol. The number of benzene rings is 1. The SMILES string of the molecule is CC(C)CC(=O)NC(c1ccc(Cl)cc1)c1ccsc1. The monoisotopic (exact) mass is 307 g/mol. The molecule has 0 aliphatic rings. The first kappa shape index (κ1) is 15.1. The smallest absolute Gasteiger partial charge is 0.221 e. The topological polar surface area (TPSA) is 29.1 Å². The van der Waals surface area contributed by atoms with Gasteiger partial charge in [0.25, 0.3) is 0 Å². The van der Waals surface area contributed by atoms with Crippen molar-refractivity contribution in [3.63, 3.8) is 0 Å². The molecule has 0 fully saturated rings. The second-order valence-corrected chi connectivity index (χ2v) is 6.42. The van der Waals surface area contributed by atoms with E-state index in [0.717, 1.165) is 11.1 Å². The average molecular weight is 308 g/mol. The number of carbonyl (C=O) groups excluding carboxylic acids is 1. The van der Waals surface area contributed by atoms with Crippen molar-refractivity contribution in [3.8, 4) is 0 Å². The highest BCUT2D eigenvalue weighted by molar-refractivity contribution is 7.08. The van der Waals surface area contributed by atoms with Crippen LogP contribution in [0, 0.1) is 5.92 Å². The van der Waals surface area contributed by atoms with Crippen molar-refractivity contribution < 1.29 is 4.79 Å². The zero-order chi connectivity index (χ0) is 14.5. The average Bonchev–Trinajstić information content (AvgIpc) is 2.90. The Bertz CT molecular complexity index is 548. The number of amides is 1. The Labute approximate surface area is 128 Å². The van der Waals surface area contributed by atoms with Crippen LogP contribution in [0.4, 0.5) is 0 Å². The number of thiophene rings is 1. The zero-order valence-corrected chi connectivity index (χ0v) is 13.2. The molecular formula is C16H18ClNOS. The number of carbonyl (C=O) groups is 1. The van der Waals surface area contributed by atoms with Crippen LogP contribution in [0.3, 0.4) is 0 Å². The van der Waals surface area contributed by atoms with Crippen LogP contribution >= 0.6 is 22.9 Å². The van der Waals surface area contributed by atoms with Gasteiger partial charge in [0, 0.05) is 11.4 Å². The summed E-state index contributed by atoms with van der Waals surface area (Å²) in [6.45, 7) is 4.09. The van der Waals surface area contributed by atoms with Crippen molar-refractivity contribution in [1.82, 2.24) is 5.32 Å². The molecule has 1 amide bonds. The highest BCUT2D eigenvalue weighted by atomic mass is 35.5. The molecule has 0 aliphatic carbocycles. The van der Waals surface area contributed by atoms with Gasteiger partial charge in [0.1, 0.15) is 0 Å². The molecule has 0 aliphatic heterocycles. The molecule has 0 saturated carbocycles. The third-order valence-electron chi connectivity index (χ3n) is 2.98. The van der Waals surface area contributed by atoms with E-state index in [1.807, 2.05) is 49.6 Å². The largest absolute Gasteiger partial charge is 0.345 e. The minimum Gasteiger partial charge on any atom is -0.345 e. The van der Waals surface area contributed by atoms with Gasteiger partial charge in [-0.05, 0) is 46.0 Å². The predicted octanol–water partition coefficient (Wildman–Crippen LogP) is 4.65. The van der Waals surface area contributed by atoms with Crippen molar-refractivity contribution in [2.75, 3.05) is 0 Å². The van der Waals surface area contributed by atoms with Crippen molar-refractivity contribution >= 4 is 28.8 Å². The van der Waals surface area contributed by atoms with E-state index in [4.69, 9.17) is 11.6 Å².